The molecule has 1 aromatic carbocycles. The van der Waals surface area contributed by atoms with E-state index in [1.807, 2.05) is 45.0 Å². The van der Waals surface area contributed by atoms with Crippen molar-refractivity contribution in [2.45, 2.75) is 45.1 Å². The lowest BCUT2D eigenvalue weighted by molar-refractivity contribution is 0.0188. The Morgan fingerprint density at radius 1 is 1.27 bits per heavy atom. The fraction of sp³-hybridized carbons (Fsp3) is 0.458. The molecule has 1 unspecified atom stereocenters. The summed E-state index contributed by atoms with van der Waals surface area (Å²) in [4.78, 5) is 27.3. The number of para-hydroxylation sites is 2. The number of amides is 1. The van der Waals surface area contributed by atoms with Crippen molar-refractivity contribution in [3.8, 4) is 6.07 Å². The molecule has 3 aromatic rings. The van der Waals surface area contributed by atoms with Gasteiger partial charge in [0.1, 0.15) is 11.1 Å². The van der Waals surface area contributed by atoms with Gasteiger partial charge in [0.25, 0.3) is 0 Å². The maximum Gasteiger partial charge on any atom is 0.410 e. The third kappa shape index (κ3) is 5.58. The largest absolute Gasteiger partial charge is 0.444 e. The van der Waals surface area contributed by atoms with Gasteiger partial charge in [-0.25, -0.2) is 19.7 Å². The molecule has 9 nitrogen and oxygen atoms in total. The van der Waals surface area contributed by atoms with Crippen LogP contribution in [-0.2, 0) is 4.74 Å². The normalized spacial score (nSPS) is 15.8. The van der Waals surface area contributed by atoms with Crippen molar-refractivity contribution in [3.05, 3.63) is 48.1 Å². The molecule has 3 heterocycles. The molecule has 0 bridgehead atoms. The summed E-state index contributed by atoms with van der Waals surface area (Å²) < 4.78 is 11.2. The van der Waals surface area contributed by atoms with E-state index in [-0.39, 0.29) is 6.09 Å². The minimum absolute atomic E-state index is 0.258. The van der Waals surface area contributed by atoms with Crippen LogP contribution in [0.4, 0.5) is 10.7 Å². The van der Waals surface area contributed by atoms with Gasteiger partial charge in [0.05, 0.1) is 11.8 Å². The van der Waals surface area contributed by atoms with Gasteiger partial charge in [-0.2, -0.15) is 5.26 Å². The minimum atomic E-state index is -0.724. The Morgan fingerprint density at radius 2 is 2.03 bits per heavy atom. The number of hydrogen-bond acceptors (Lipinski definition) is 8. The average Bonchev–Trinajstić information content (AvgIpc) is 3.21. The van der Waals surface area contributed by atoms with E-state index >= 15 is 0 Å². The Morgan fingerprint density at radius 3 is 2.73 bits per heavy atom. The van der Waals surface area contributed by atoms with Crippen molar-refractivity contribution >= 4 is 23.1 Å². The summed E-state index contributed by atoms with van der Waals surface area (Å²) in [7, 11) is 0. The van der Waals surface area contributed by atoms with Crippen LogP contribution in [0.25, 0.3) is 11.1 Å². The van der Waals surface area contributed by atoms with Gasteiger partial charge in [-0.15, -0.1) is 0 Å². The molecule has 9 heteroatoms. The van der Waals surface area contributed by atoms with Crippen LogP contribution in [0.5, 0.6) is 0 Å². The first kappa shape index (κ1) is 22.5. The third-order valence-electron chi connectivity index (χ3n) is 5.47. The molecule has 1 aliphatic heterocycles. The number of carbonyl (C=O) groups is 1. The van der Waals surface area contributed by atoms with Crippen LogP contribution in [0.1, 0.15) is 51.1 Å². The summed E-state index contributed by atoms with van der Waals surface area (Å²) in [5.74, 6) is 0.439. The van der Waals surface area contributed by atoms with E-state index in [1.165, 1.54) is 0 Å². The summed E-state index contributed by atoms with van der Waals surface area (Å²) in [6.45, 7) is 7.63. The zero-order valence-corrected chi connectivity index (χ0v) is 19.1. The molecule has 0 aliphatic carbocycles. The van der Waals surface area contributed by atoms with Crippen LogP contribution in [0.15, 0.2) is 40.9 Å². The lowest BCUT2D eigenvalue weighted by Crippen LogP contribution is -2.42. The van der Waals surface area contributed by atoms with E-state index < -0.39 is 11.5 Å². The van der Waals surface area contributed by atoms with Gasteiger partial charge in [-0.1, -0.05) is 12.1 Å². The number of nitriles is 1. The molecule has 2 aromatic heterocycles. The molecule has 1 N–H and O–H groups in total. The van der Waals surface area contributed by atoms with Crippen molar-refractivity contribution in [2.75, 3.05) is 25.0 Å². The number of nitrogens with zero attached hydrogens (tertiary/aromatic N) is 5. The molecule has 1 aliphatic rings. The fourth-order valence-corrected chi connectivity index (χ4v) is 3.76. The van der Waals surface area contributed by atoms with Gasteiger partial charge >= 0.3 is 6.09 Å². The maximum atomic E-state index is 12.2. The number of oxazole rings is 1. The lowest BCUT2D eigenvalue weighted by atomic mass is 9.97. The van der Waals surface area contributed by atoms with Crippen LogP contribution < -0.4 is 5.32 Å². The Bertz CT molecular complexity index is 1120. The van der Waals surface area contributed by atoms with Gasteiger partial charge in [-0.3, -0.25) is 0 Å². The number of rotatable bonds is 5. The van der Waals surface area contributed by atoms with E-state index in [0.29, 0.717) is 54.2 Å². The van der Waals surface area contributed by atoms with E-state index in [9.17, 15) is 10.1 Å². The number of fused-ring (bicyclic) bond motifs is 1. The van der Waals surface area contributed by atoms with Gasteiger partial charge in [-0.05, 0) is 57.7 Å². The van der Waals surface area contributed by atoms with Crippen LogP contribution in [0, 0.1) is 17.2 Å². The molecule has 0 spiro atoms. The average molecular weight is 449 g/mol. The predicted molar refractivity (Wildman–Crippen MR) is 123 cm³/mol. The monoisotopic (exact) mass is 448 g/mol. The van der Waals surface area contributed by atoms with E-state index in [4.69, 9.17) is 9.15 Å². The second-order valence-electron chi connectivity index (χ2n) is 9.18. The molecule has 1 fully saturated rings. The van der Waals surface area contributed by atoms with Crippen molar-refractivity contribution in [1.29, 1.82) is 5.26 Å². The summed E-state index contributed by atoms with van der Waals surface area (Å²) in [6, 6.07) is 11.3. The topological polar surface area (TPSA) is 117 Å². The van der Waals surface area contributed by atoms with Crippen molar-refractivity contribution in [3.63, 3.8) is 0 Å². The first-order valence-corrected chi connectivity index (χ1v) is 11.1. The van der Waals surface area contributed by atoms with Gasteiger partial charge in [0.15, 0.2) is 11.5 Å². The van der Waals surface area contributed by atoms with Crippen LogP contribution in [-0.4, -0.2) is 51.2 Å². The molecule has 1 atom stereocenters. The smallest absolute Gasteiger partial charge is 0.410 e. The van der Waals surface area contributed by atoms with Crippen molar-refractivity contribution in [2.24, 2.45) is 5.92 Å². The van der Waals surface area contributed by atoms with Gasteiger partial charge in [0.2, 0.25) is 11.8 Å². The zero-order valence-electron chi connectivity index (χ0n) is 19.1. The molecule has 0 radical (unpaired) electrons. The number of carbonyl (C=O) groups excluding carboxylic acids is 1. The molecule has 33 heavy (non-hydrogen) atoms. The van der Waals surface area contributed by atoms with Crippen LogP contribution >= 0.6 is 0 Å². The Balaban J connectivity index is 1.35. The Kier molecular flexibility index (Phi) is 6.45. The fourth-order valence-electron chi connectivity index (χ4n) is 3.76. The van der Waals surface area contributed by atoms with Crippen molar-refractivity contribution in [1.82, 2.24) is 19.9 Å². The Hall–Kier alpha value is -3.67. The first-order valence-electron chi connectivity index (χ1n) is 11.1. The minimum Gasteiger partial charge on any atom is -0.444 e. The van der Waals surface area contributed by atoms with Crippen LogP contribution in [0.3, 0.4) is 0 Å². The SMILES string of the molecule is CC(C)(C)OC(=O)N1CCC(CNc2nccc(C(C#N)c3nc4ccccc4o3)n2)CC1. The standard InChI is InChI=1S/C24H28N6O3/c1-24(2,3)33-23(31)30-12-9-16(10-13-30)15-27-22-26-11-8-18(29-22)17(14-25)21-28-19-6-4-5-7-20(19)32-21/h4-8,11,16-17H,9-10,12-13,15H2,1-3H3,(H,26,27,29). The highest BCUT2D eigenvalue weighted by molar-refractivity contribution is 5.72. The number of aromatic nitrogens is 3. The quantitative estimate of drug-likeness (QED) is 0.613. The molecular formula is C24H28N6O3. The number of benzene rings is 1. The molecule has 0 saturated carbocycles. The highest BCUT2D eigenvalue weighted by Gasteiger charge is 2.27. The highest BCUT2D eigenvalue weighted by Crippen LogP contribution is 2.26. The second kappa shape index (κ2) is 9.45. The summed E-state index contributed by atoms with van der Waals surface area (Å²) in [6.07, 6.45) is 3.11. The first-order chi connectivity index (χ1) is 15.8. The highest BCUT2D eigenvalue weighted by atomic mass is 16.6. The van der Waals surface area contributed by atoms with Crippen LogP contribution in [0.2, 0.25) is 0 Å². The molecular weight excluding hydrogens is 420 g/mol. The number of likely N-dealkylation sites (tertiary alicyclic amines) is 1. The molecule has 4 rings (SSSR count). The molecule has 1 amide bonds. The number of anilines is 1. The zero-order chi connectivity index (χ0) is 23.4. The molecule has 1 saturated heterocycles. The number of ether oxygens (including phenoxy) is 1. The lowest BCUT2D eigenvalue weighted by Gasteiger charge is -2.33. The summed E-state index contributed by atoms with van der Waals surface area (Å²) >= 11 is 0. The van der Waals surface area contributed by atoms with Crippen molar-refractivity contribution < 1.29 is 13.9 Å². The van der Waals surface area contributed by atoms with E-state index in [0.717, 1.165) is 12.8 Å². The number of nitrogens with one attached hydrogen (secondary N) is 1. The summed E-state index contributed by atoms with van der Waals surface area (Å²) in [5.41, 5.74) is 1.38. The third-order valence-corrected chi connectivity index (χ3v) is 5.47. The number of piperidine rings is 1. The van der Waals surface area contributed by atoms with Gasteiger partial charge < -0.3 is 19.4 Å². The summed E-state index contributed by atoms with van der Waals surface area (Å²) in [5, 5.41) is 13.0. The van der Waals surface area contributed by atoms with Gasteiger partial charge in [0, 0.05) is 25.8 Å². The Labute approximate surface area is 192 Å². The van der Waals surface area contributed by atoms with E-state index in [1.54, 1.807) is 17.2 Å². The number of hydrogen-bond donors (Lipinski definition) is 1. The second-order valence-corrected chi connectivity index (χ2v) is 9.18. The predicted octanol–water partition coefficient (Wildman–Crippen LogP) is 4.33. The molecule has 172 valence electrons. The van der Waals surface area contributed by atoms with E-state index in [2.05, 4.69) is 26.3 Å². The maximum absolute atomic E-state index is 12.2.